The molecule has 3 rings (SSSR count). The molecule has 0 atom stereocenters. The Morgan fingerprint density at radius 3 is 0.815 bits per heavy atom. The van der Waals surface area contributed by atoms with Gasteiger partial charge in [0.1, 0.15) is 0 Å². The van der Waals surface area contributed by atoms with Crippen molar-refractivity contribution < 1.29 is 46.3 Å². The van der Waals surface area contributed by atoms with E-state index in [9.17, 15) is 4.80 Å². The van der Waals surface area contributed by atoms with E-state index in [2.05, 4.69) is 0 Å². The van der Waals surface area contributed by atoms with Crippen molar-refractivity contribution in [1.82, 2.24) is 0 Å². The van der Waals surface area contributed by atoms with Crippen molar-refractivity contribution >= 4 is 23.9 Å². The Kier molecular flexibility index (Phi) is 17.3. The molecule has 0 aliphatic carbocycles. The maximum Gasteiger partial charge on any atom is 0.285 e. The zero-order chi connectivity index (χ0) is 19.8. The summed E-state index contributed by atoms with van der Waals surface area (Å²) in [6, 6.07) is 30.0. The Morgan fingerprint density at radius 2 is 0.630 bits per heavy atom. The van der Waals surface area contributed by atoms with E-state index in [1.807, 2.05) is 91.0 Å². The molecule has 0 spiro atoms. The van der Waals surface area contributed by atoms with E-state index in [0.29, 0.717) is 0 Å². The Labute approximate surface area is 182 Å². The van der Waals surface area contributed by atoms with Crippen molar-refractivity contribution in [2.45, 2.75) is 0 Å². The van der Waals surface area contributed by atoms with Gasteiger partial charge in [0.25, 0.3) is 8.32 Å². The molecule has 4 nitrogen and oxygen atoms in total. The van der Waals surface area contributed by atoms with Gasteiger partial charge in [-0.25, -0.2) is 0 Å². The van der Waals surface area contributed by atoms with Gasteiger partial charge in [-0.15, -0.1) is 0 Å². The molecule has 0 fully saturated rings. The zero-order valence-corrected chi connectivity index (χ0v) is 19.4. The summed E-state index contributed by atoms with van der Waals surface area (Å²) in [4.78, 5) is 11.6. The number of hydrogen-bond acceptors (Lipinski definition) is 4. The van der Waals surface area contributed by atoms with Gasteiger partial charge in [-0.1, -0.05) is 91.0 Å². The molecule has 0 radical (unpaired) electrons. The Balaban J connectivity index is 0. The van der Waals surface area contributed by atoms with E-state index >= 15 is 0 Å². The zero-order valence-electron chi connectivity index (χ0n) is 15.9. The smallest absolute Gasteiger partial charge is 0.285 e. The second-order valence-electron chi connectivity index (χ2n) is 4.81. The molecule has 0 heterocycles. The molecule has 144 valence electrons. The maximum absolute atomic E-state index is 11.6. The molecular weight excluding hydrogens is 436 g/mol. The second kappa shape index (κ2) is 16.8. The average Bonchev–Trinajstić information content (AvgIpc) is 2.79. The first-order valence-electron chi connectivity index (χ1n) is 8.05. The van der Waals surface area contributed by atoms with Gasteiger partial charge in [-0.05, 0) is 15.6 Å². The topological polar surface area (TPSA) is 80.9 Å². The molecule has 0 aromatic heterocycles. The second-order valence-corrected chi connectivity index (χ2v) is 7.96. The number of aliphatic hydroxyl groups is 3. The quantitative estimate of drug-likeness (QED) is 0.336. The summed E-state index contributed by atoms with van der Waals surface area (Å²) >= 11 is 0. The van der Waals surface area contributed by atoms with Crippen molar-refractivity contribution in [1.29, 1.82) is 0 Å². The number of rotatable bonds is 3. The van der Waals surface area contributed by atoms with Crippen molar-refractivity contribution in [3.8, 4) is 0 Å². The Morgan fingerprint density at radius 1 is 0.444 bits per heavy atom. The molecule has 0 amide bonds. The average molecular weight is 464 g/mol. The van der Waals surface area contributed by atoms with Crippen molar-refractivity contribution in [2.75, 3.05) is 21.3 Å². The van der Waals surface area contributed by atoms with Crippen LogP contribution in [0.15, 0.2) is 91.0 Å². The molecule has 0 saturated heterocycles. The van der Waals surface area contributed by atoms with E-state index in [-0.39, 0.29) is 26.2 Å². The van der Waals surface area contributed by atoms with Crippen LogP contribution < -0.4 is 15.6 Å². The summed E-state index contributed by atoms with van der Waals surface area (Å²) in [5.41, 5.74) is 0. The minimum absolute atomic E-state index is 0. The van der Waals surface area contributed by atoms with E-state index in [4.69, 9.17) is 15.3 Å². The van der Waals surface area contributed by atoms with Crippen molar-refractivity contribution in [3.63, 3.8) is 0 Å². The summed E-state index contributed by atoms with van der Waals surface area (Å²) in [5.74, 6) is 0. The van der Waals surface area contributed by atoms with Crippen LogP contribution in [0.25, 0.3) is 0 Å². The molecule has 3 aromatic carbocycles. The van der Waals surface area contributed by atoms with E-state index in [1.54, 1.807) is 0 Å². The van der Waals surface area contributed by atoms with Crippen LogP contribution >= 0.6 is 0 Å². The summed E-state index contributed by atoms with van der Waals surface area (Å²) in [5, 5.41) is 24.0. The van der Waals surface area contributed by atoms with Gasteiger partial charge >= 0.3 is 0 Å². The first-order valence-corrected chi connectivity index (χ1v) is 9.99. The predicted octanol–water partition coefficient (Wildman–Crippen LogP) is 0.469. The minimum Gasteiger partial charge on any atom is -0.421 e. The number of benzene rings is 3. The van der Waals surface area contributed by atoms with Crippen molar-refractivity contribution in [2.24, 2.45) is 0 Å². The van der Waals surface area contributed by atoms with Gasteiger partial charge in [0.15, 0.2) is 0 Å². The molecule has 6 heteroatoms. The molecule has 0 unspecified atom stereocenters. The Hall–Kier alpha value is -1.40. The van der Waals surface area contributed by atoms with E-state index < -0.39 is 8.32 Å². The van der Waals surface area contributed by atoms with Gasteiger partial charge in [-0.3, -0.25) is 0 Å². The molecular formula is C21H28O4SiZr. The van der Waals surface area contributed by atoms with E-state index in [1.165, 1.54) is 0 Å². The van der Waals surface area contributed by atoms with Crippen LogP contribution in [0.4, 0.5) is 0 Å². The molecule has 0 bridgehead atoms. The summed E-state index contributed by atoms with van der Waals surface area (Å²) in [6.45, 7) is 0. The van der Waals surface area contributed by atoms with E-state index in [0.717, 1.165) is 36.9 Å². The molecule has 0 aliphatic heterocycles. The fourth-order valence-corrected chi connectivity index (χ4v) is 5.56. The number of aliphatic hydroxyl groups excluding tert-OH is 3. The van der Waals surface area contributed by atoms with Gasteiger partial charge in [0.05, 0.1) is 0 Å². The largest absolute Gasteiger partial charge is 0.421 e. The normalized spacial score (nSPS) is 9.00. The molecule has 0 saturated carbocycles. The van der Waals surface area contributed by atoms with Gasteiger partial charge in [0.2, 0.25) is 0 Å². The fraction of sp³-hybridized carbons (Fsp3) is 0.143. The monoisotopic (exact) mass is 462 g/mol. The first-order chi connectivity index (χ1) is 12.8. The number of hydrogen-bond donors (Lipinski definition) is 4. The standard InChI is InChI=1S/C18H16OSi.3CH4O.Zr/c19-20(16-10-4-1-5-11-16,17-12-6-2-7-13-17)18-14-8-3-9-15-18;3*1-2;/h1-15,19H;3*2H,1H3;. The third kappa shape index (κ3) is 7.62. The fourth-order valence-electron chi connectivity index (χ4n) is 2.54. The van der Waals surface area contributed by atoms with Gasteiger partial charge in [-0.2, -0.15) is 0 Å². The van der Waals surface area contributed by atoms with Crippen LogP contribution in [0.1, 0.15) is 0 Å². The van der Waals surface area contributed by atoms with Crippen LogP contribution in [0.5, 0.6) is 0 Å². The SMILES string of the molecule is CO.CO.CO.O[Si](c1ccccc1)(c1ccccc1)c1ccccc1.[Zr]. The van der Waals surface area contributed by atoms with Crippen LogP contribution in [0.2, 0.25) is 0 Å². The minimum atomic E-state index is -2.88. The summed E-state index contributed by atoms with van der Waals surface area (Å²) in [6.07, 6.45) is 0. The third-order valence-corrected chi connectivity index (χ3v) is 7.08. The van der Waals surface area contributed by atoms with Gasteiger partial charge in [0, 0.05) is 47.5 Å². The predicted molar refractivity (Wildman–Crippen MR) is 111 cm³/mol. The van der Waals surface area contributed by atoms with Crippen LogP contribution in [-0.4, -0.2) is 49.8 Å². The Bertz CT molecular complexity index is 586. The molecule has 0 aliphatic rings. The van der Waals surface area contributed by atoms with Crippen LogP contribution in [-0.2, 0) is 26.2 Å². The first kappa shape index (κ1) is 27.8. The van der Waals surface area contributed by atoms with Crippen LogP contribution in [0, 0.1) is 0 Å². The summed E-state index contributed by atoms with van der Waals surface area (Å²) < 4.78 is 0. The molecule has 4 N–H and O–H groups in total. The third-order valence-electron chi connectivity index (χ3n) is 3.57. The molecule has 3 aromatic rings. The van der Waals surface area contributed by atoms with Crippen LogP contribution in [0.3, 0.4) is 0 Å². The van der Waals surface area contributed by atoms with Gasteiger partial charge < -0.3 is 20.1 Å². The summed E-state index contributed by atoms with van der Waals surface area (Å²) in [7, 11) is 0.122. The maximum atomic E-state index is 11.6. The van der Waals surface area contributed by atoms with Crippen molar-refractivity contribution in [3.05, 3.63) is 91.0 Å². The molecule has 27 heavy (non-hydrogen) atoms.